The van der Waals surface area contributed by atoms with E-state index in [2.05, 4.69) is 44.4 Å². The fraction of sp³-hybridized carbons (Fsp3) is 0.381. The van der Waals surface area contributed by atoms with Gasteiger partial charge in [-0.15, -0.1) is 0 Å². The topological polar surface area (TPSA) is 59.6 Å². The summed E-state index contributed by atoms with van der Waals surface area (Å²) in [5.74, 6) is 1.56. The van der Waals surface area contributed by atoms with Crippen molar-refractivity contribution in [2.75, 3.05) is 18.7 Å². The summed E-state index contributed by atoms with van der Waals surface area (Å²) in [6.45, 7) is 11.1. The minimum Gasteiger partial charge on any atom is -0.494 e. The molecule has 0 aliphatic heterocycles. The number of urea groups is 1. The molecular formula is C21H28N2O3. The Bertz CT molecular complexity index is 734. The first-order chi connectivity index (χ1) is 12.3. The third-order valence-electron chi connectivity index (χ3n) is 3.83. The summed E-state index contributed by atoms with van der Waals surface area (Å²) in [7, 11) is 0. The van der Waals surface area contributed by atoms with E-state index in [4.69, 9.17) is 9.47 Å². The van der Waals surface area contributed by atoms with Crippen molar-refractivity contribution in [3.63, 3.8) is 0 Å². The predicted octanol–water partition coefficient (Wildman–Crippen LogP) is 4.85. The summed E-state index contributed by atoms with van der Waals surface area (Å²) < 4.78 is 11.2. The number of rotatable bonds is 6. The molecule has 0 spiro atoms. The largest absolute Gasteiger partial charge is 0.494 e. The van der Waals surface area contributed by atoms with Gasteiger partial charge in [-0.3, -0.25) is 0 Å². The average molecular weight is 356 g/mol. The maximum absolute atomic E-state index is 12.0. The van der Waals surface area contributed by atoms with Crippen LogP contribution in [0.1, 0.15) is 38.8 Å². The molecule has 5 nitrogen and oxygen atoms in total. The lowest BCUT2D eigenvalue weighted by molar-refractivity contribution is 0.233. The molecular weight excluding hydrogens is 328 g/mol. The number of ether oxygens (including phenoxy) is 2. The standard InChI is InChI=1S/C21H28N2O3/c1-6-25-17-10-8-16(9-11-17)23-20(24)22-14-26-19-12-7-15(2)13-18(19)21(3,4)5/h7-13H,6,14H2,1-5H3,(H2,22,23,24). The van der Waals surface area contributed by atoms with Crippen LogP contribution in [-0.4, -0.2) is 19.4 Å². The lowest BCUT2D eigenvalue weighted by Crippen LogP contribution is -2.32. The van der Waals surface area contributed by atoms with Gasteiger partial charge in [-0.1, -0.05) is 38.5 Å². The van der Waals surface area contributed by atoms with Crippen LogP contribution in [0.2, 0.25) is 0 Å². The zero-order valence-corrected chi connectivity index (χ0v) is 16.2. The van der Waals surface area contributed by atoms with Gasteiger partial charge in [0, 0.05) is 5.69 Å². The molecule has 2 rings (SSSR count). The van der Waals surface area contributed by atoms with E-state index in [1.54, 1.807) is 12.1 Å². The van der Waals surface area contributed by atoms with Crippen LogP contribution in [0.25, 0.3) is 0 Å². The van der Waals surface area contributed by atoms with Crippen LogP contribution < -0.4 is 20.1 Å². The first-order valence-electron chi connectivity index (χ1n) is 8.81. The smallest absolute Gasteiger partial charge is 0.321 e. The second kappa shape index (κ2) is 8.61. The minimum absolute atomic E-state index is 0.0358. The van der Waals surface area contributed by atoms with Crippen molar-refractivity contribution in [1.82, 2.24) is 5.32 Å². The summed E-state index contributed by atoms with van der Waals surface area (Å²) in [5.41, 5.74) is 2.96. The minimum atomic E-state index is -0.321. The van der Waals surface area contributed by atoms with Gasteiger partial charge in [-0.2, -0.15) is 0 Å². The van der Waals surface area contributed by atoms with Gasteiger partial charge in [0.1, 0.15) is 11.5 Å². The Hall–Kier alpha value is -2.69. The van der Waals surface area contributed by atoms with E-state index in [1.165, 1.54) is 5.56 Å². The summed E-state index contributed by atoms with van der Waals surface area (Å²) in [6.07, 6.45) is 0. The Balaban J connectivity index is 1.89. The molecule has 0 aliphatic carbocycles. The summed E-state index contributed by atoms with van der Waals surface area (Å²) in [6, 6.07) is 13.0. The zero-order chi connectivity index (χ0) is 19.2. The molecule has 0 bridgehead atoms. The monoisotopic (exact) mass is 356 g/mol. The quantitative estimate of drug-likeness (QED) is 0.728. The summed E-state index contributed by atoms with van der Waals surface area (Å²) in [4.78, 5) is 12.0. The molecule has 0 aromatic heterocycles. The van der Waals surface area contributed by atoms with Crippen LogP contribution >= 0.6 is 0 Å². The Kier molecular flexibility index (Phi) is 6.50. The number of benzene rings is 2. The van der Waals surface area contributed by atoms with Crippen LogP contribution in [-0.2, 0) is 5.41 Å². The normalized spacial score (nSPS) is 11.0. The molecule has 2 aromatic carbocycles. The fourth-order valence-corrected chi connectivity index (χ4v) is 2.51. The van der Waals surface area contributed by atoms with Crippen LogP contribution in [0.15, 0.2) is 42.5 Å². The SMILES string of the molecule is CCOc1ccc(NC(=O)NCOc2ccc(C)cc2C(C)(C)C)cc1. The van der Waals surface area contributed by atoms with E-state index in [1.807, 2.05) is 31.2 Å². The molecule has 2 aromatic rings. The van der Waals surface area contributed by atoms with Crippen molar-refractivity contribution in [3.8, 4) is 11.5 Å². The van der Waals surface area contributed by atoms with Gasteiger partial charge < -0.3 is 20.1 Å². The van der Waals surface area contributed by atoms with Gasteiger partial charge in [0.15, 0.2) is 6.73 Å². The first kappa shape index (κ1) is 19.6. The lowest BCUT2D eigenvalue weighted by atomic mass is 9.85. The molecule has 0 fully saturated rings. The van der Waals surface area contributed by atoms with Crippen LogP contribution in [0.5, 0.6) is 11.5 Å². The highest BCUT2D eigenvalue weighted by Crippen LogP contribution is 2.32. The van der Waals surface area contributed by atoms with E-state index in [9.17, 15) is 4.79 Å². The molecule has 0 radical (unpaired) electrons. The molecule has 26 heavy (non-hydrogen) atoms. The number of carbonyl (C=O) groups is 1. The molecule has 0 atom stereocenters. The molecule has 5 heteroatoms. The summed E-state index contributed by atoms with van der Waals surface area (Å²) in [5, 5.41) is 5.48. The maximum Gasteiger partial charge on any atom is 0.321 e. The van der Waals surface area contributed by atoms with Gasteiger partial charge in [0.25, 0.3) is 0 Å². The molecule has 0 saturated carbocycles. The van der Waals surface area contributed by atoms with E-state index >= 15 is 0 Å². The van der Waals surface area contributed by atoms with Crippen molar-refractivity contribution in [3.05, 3.63) is 53.6 Å². The number of nitrogens with one attached hydrogen (secondary N) is 2. The number of hydrogen-bond acceptors (Lipinski definition) is 3. The van der Waals surface area contributed by atoms with Crippen LogP contribution in [0, 0.1) is 6.92 Å². The molecule has 2 amide bonds. The molecule has 0 heterocycles. The molecule has 2 N–H and O–H groups in total. The Morgan fingerprint density at radius 1 is 1.04 bits per heavy atom. The predicted molar refractivity (Wildman–Crippen MR) is 105 cm³/mol. The van der Waals surface area contributed by atoms with Gasteiger partial charge in [0.05, 0.1) is 6.61 Å². The highest BCUT2D eigenvalue weighted by atomic mass is 16.5. The number of amides is 2. The van der Waals surface area contributed by atoms with Crippen molar-refractivity contribution in [2.45, 2.75) is 40.0 Å². The molecule has 140 valence electrons. The number of carbonyl (C=O) groups excluding carboxylic acids is 1. The maximum atomic E-state index is 12.0. The van der Waals surface area contributed by atoms with Gasteiger partial charge in [-0.05, 0) is 55.2 Å². The van der Waals surface area contributed by atoms with E-state index < -0.39 is 0 Å². The van der Waals surface area contributed by atoms with Crippen molar-refractivity contribution >= 4 is 11.7 Å². The number of aryl methyl sites for hydroxylation is 1. The van der Waals surface area contributed by atoms with Crippen molar-refractivity contribution in [2.24, 2.45) is 0 Å². The van der Waals surface area contributed by atoms with Gasteiger partial charge >= 0.3 is 6.03 Å². The lowest BCUT2D eigenvalue weighted by Gasteiger charge is -2.23. The summed E-state index contributed by atoms with van der Waals surface area (Å²) >= 11 is 0. The third-order valence-corrected chi connectivity index (χ3v) is 3.83. The van der Waals surface area contributed by atoms with Crippen LogP contribution in [0.4, 0.5) is 10.5 Å². The highest BCUT2D eigenvalue weighted by Gasteiger charge is 2.19. The fourth-order valence-electron chi connectivity index (χ4n) is 2.51. The second-order valence-electron chi connectivity index (χ2n) is 7.13. The van der Waals surface area contributed by atoms with Crippen molar-refractivity contribution < 1.29 is 14.3 Å². The number of hydrogen-bond donors (Lipinski definition) is 2. The van der Waals surface area contributed by atoms with Crippen molar-refractivity contribution in [1.29, 1.82) is 0 Å². The Morgan fingerprint density at radius 2 is 1.73 bits per heavy atom. The number of anilines is 1. The van der Waals surface area contributed by atoms with E-state index in [0.717, 1.165) is 17.1 Å². The average Bonchev–Trinajstić information content (AvgIpc) is 2.57. The third kappa shape index (κ3) is 5.69. The zero-order valence-electron chi connectivity index (χ0n) is 16.2. The first-order valence-corrected chi connectivity index (χ1v) is 8.81. The molecule has 0 unspecified atom stereocenters. The highest BCUT2D eigenvalue weighted by molar-refractivity contribution is 5.89. The molecule has 0 saturated heterocycles. The Morgan fingerprint density at radius 3 is 2.35 bits per heavy atom. The van der Waals surface area contributed by atoms with E-state index in [0.29, 0.717) is 12.3 Å². The molecule has 0 aliphatic rings. The van der Waals surface area contributed by atoms with Gasteiger partial charge in [0.2, 0.25) is 0 Å². The van der Waals surface area contributed by atoms with E-state index in [-0.39, 0.29) is 18.2 Å². The second-order valence-corrected chi connectivity index (χ2v) is 7.13. The Labute approximate surface area is 155 Å². The van der Waals surface area contributed by atoms with Gasteiger partial charge in [-0.25, -0.2) is 4.79 Å². The van der Waals surface area contributed by atoms with Crippen LogP contribution in [0.3, 0.4) is 0 Å².